The third-order valence-corrected chi connectivity index (χ3v) is 3.02. The van der Waals surface area contributed by atoms with Crippen LogP contribution in [-0.4, -0.2) is 11.7 Å². The minimum atomic E-state index is -0.624. The van der Waals surface area contributed by atoms with Gasteiger partial charge in [0.1, 0.15) is 5.82 Å². The molecule has 0 spiro atoms. The largest absolute Gasteiger partial charge is 0.388 e. The van der Waals surface area contributed by atoms with E-state index in [1.54, 1.807) is 24.3 Å². The molecule has 0 fully saturated rings. The highest BCUT2D eigenvalue weighted by Crippen LogP contribution is 2.17. The molecule has 0 amide bonds. The highest BCUT2D eigenvalue weighted by molar-refractivity contribution is 5.47. The average Bonchev–Trinajstić information content (AvgIpc) is 2.48. The third-order valence-electron chi connectivity index (χ3n) is 3.02. The minimum Gasteiger partial charge on any atom is -0.388 e. The van der Waals surface area contributed by atoms with Gasteiger partial charge < -0.3 is 10.4 Å². The van der Waals surface area contributed by atoms with Crippen molar-refractivity contribution in [1.82, 2.24) is 0 Å². The van der Waals surface area contributed by atoms with Crippen LogP contribution in [0.25, 0.3) is 0 Å². The highest BCUT2D eigenvalue weighted by atomic mass is 19.1. The van der Waals surface area contributed by atoms with E-state index < -0.39 is 6.10 Å². The predicted molar refractivity (Wildman–Crippen MR) is 75.6 cm³/mol. The van der Waals surface area contributed by atoms with Crippen LogP contribution >= 0.6 is 0 Å². The van der Waals surface area contributed by atoms with Gasteiger partial charge in [0.2, 0.25) is 0 Å². The molecule has 0 aliphatic carbocycles. The zero-order valence-electron chi connectivity index (χ0n) is 10.9. The van der Waals surface area contributed by atoms with Crippen molar-refractivity contribution in [3.8, 4) is 6.07 Å². The molecule has 0 bridgehead atoms. The van der Waals surface area contributed by atoms with Crippen molar-refractivity contribution in [3.63, 3.8) is 0 Å². The normalized spacial score (nSPS) is 11.7. The van der Waals surface area contributed by atoms with Crippen molar-refractivity contribution in [2.75, 3.05) is 11.9 Å². The van der Waals surface area contributed by atoms with Crippen molar-refractivity contribution in [1.29, 1.82) is 5.26 Å². The molecule has 2 aromatic rings. The summed E-state index contributed by atoms with van der Waals surface area (Å²) >= 11 is 0. The van der Waals surface area contributed by atoms with Crippen LogP contribution < -0.4 is 5.32 Å². The zero-order valence-corrected chi connectivity index (χ0v) is 10.9. The number of nitriles is 1. The Labute approximate surface area is 117 Å². The van der Waals surface area contributed by atoms with E-state index in [4.69, 9.17) is 5.26 Å². The predicted octanol–water partition coefficient (Wildman–Crippen LogP) is 3.23. The maximum Gasteiger partial charge on any atom is 0.123 e. The molecule has 0 radical (unpaired) electrons. The van der Waals surface area contributed by atoms with Crippen LogP contribution in [-0.2, 0) is 0 Å². The van der Waals surface area contributed by atoms with Gasteiger partial charge in [-0.3, -0.25) is 0 Å². The van der Waals surface area contributed by atoms with Gasteiger partial charge in [0.25, 0.3) is 0 Å². The summed E-state index contributed by atoms with van der Waals surface area (Å²) in [6.45, 7) is 0.588. The second-order valence-corrected chi connectivity index (χ2v) is 4.47. The Morgan fingerprint density at radius 2 is 1.75 bits per heavy atom. The molecule has 0 aliphatic heterocycles. The molecule has 0 saturated carbocycles. The first-order valence-electron chi connectivity index (χ1n) is 6.36. The van der Waals surface area contributed by atoms with Crippen LogP contribution in [0.2, 0.25) is 0 Å². The number of benzene rings is 2. The molecule has 2 aromatic carbocycles. The average molecular weight is 270 g/mol. The van der Waals surface area contributed by atoms with Crippen molar-refractivity contribution < 1.29 is 9.50 Å². The van der Waals surface area contributed by atoms with Crippen molar-refractivity contribution in [3.05, 3.63) is 65.5 Å². The minimum absolute atomic E-state index is 0.309. The monoisotopic (exact) mass is 270 g/mol. The maximum absolute atomic E-state index is 12.8. The van der Waals surface area contributed by atoms with Gasteiger partial charge in [0.15, 0.2) is 0 Å². The Hall–Kier alpha value is -2.38. The SMILES string of the molecule is N#Cc1ccc(NCCC(O)c2ccc(F)cc2)cc1. The van der Waals surface area contributed by atoms with Crippen LogP contribution in [0.5, 0.6) is 0 Å². The van der Waals surface area contributed by atoms with E-state index in [2.05, 4.69) is 11.4 Å². The molecule has 2 rings (SSSR count). The topological polar surface area (TPSA) is 56.0 Å². The lowest BCUT2D eigenvalue weighted by Crippen LogP contribution is -2.07. The van der Waals surface area contributed by atoms with Crippen LogP contribution in [0.3, 0.4) is 0 Å². The first-order valence-corrected chi connectivity index (χ1v) is 6.36. The van der Waals surface area contributed by atoms with Crippen molar-refractivity contribution in [2.45, 2.75) is 12.5 Å². The summed E-state index contributed by atoms with van der Waals surface area (Å²) in [4.78, 5) is 0. The van der Waals surface area contributed by atoms with Gasteiger partial charge in [-0.25, -0.2) is 4.39 Å². The number of hydrogen-bond donors (Lipinski definition) is 2. The second-order valence-electron chi connectivity index (χ2n) is 4.47. The molecule has 1 unspecified atom stereocenters. The lowest BCUT2D eigenvalue weighted by atomic mass is 10.1. The number of halogens is 1. The van der Waals surface area contributed by atoms with Gasteiger partial charge in [-0.05, 0) is 48.4 Å². The second kappa shape index (κ2) is 6.69. The quantitative estimate of drug-likeness (QED) is 0.877. The maximum atomic E-state index is 12.8. The van der Waals surface area contributed by atoms with Crippen LogP contribution in [0, 0.1) is 17.1 Å². The molecular weight excluding hydrogens is 255 g/mol. The smallest absolute Gasteiger partial charge is 0.123 e. The molecule has 4 heteroatoms. The lowest BCUT2D eigenvalue weighted by Gasteiger charge is -2.12. The van der Waals surface area contributed by atoms with Crippen molar-refractivity contribution >= 4 is 5.69 Å². The van der Waals surface area contributed by atoms with Crippen LogP contribution in [0.4, 0.5) is 10.1 Å². The van der Waals surface area contributed by atoms with E-state index in [1.807, 2.05) is 12.1 Å². The van der Waals surface area contributed by atoms with E-state index in [9.17, 15) is 9.50 Å². The van der Waals surface area contributed by atoms with E-state index in [1.165, 1.54) is 12.1 Å². The molecule has 0 heterocycles. The van der Waals surface area contributed by atoms with Gasteiger partial charge in [-0.2, -0.15) is 5.26 Å². The van der Waals surface area contributed by atoms with Gasteiger partial charge in [-0.15, -0.1) is 0 Å². The fraction of sp³-hybridized carbons (Fsp3) is 0.188. The first-order chi connectivity index (χ1) is 9.69. The Kier molecular flexibility index (Phi) is 4.70. The number of anilines is 1. The Morgan fingerprint density at radius 3 is 2.35 bits per heavy atom. The van der Waals surface area contributed by atoms with Gasteiger partial charge in [0.05, 0.1) is 17.7 Å². The third kappa shape index (κ3) is 3.81. The van der Waals surface area contributed by atoms with E-state index in [0.29, 0.717) is 24.1 Å². The molecule has 0 aromatic heterocycles. The number of nitrogens with zero attached hydrogens (tertiary/aromatic N) is 1. The standard InChI is InChI=1S/C16H15FN2O/c17-14-5-3-13(4-6-14)16(20)9-10-19-15-7-1-12(11-18)2-8-15/h1-8,16,19-20H,9-10H2. The highest BCUT2D eigenvalue weighted by Gasteiger charge is 2.07. The lowest BCUT2D eigenvalue weighted by molar-refractivity contribution is 0.171. The Balaban J connectivity index is 1.83. The molecule has 2 N–H and O–H groups in total. The van der Waals surface area contributed by atoms with E-state index in [0.717, 1.165) is 5.69 Å². The summed E-state index contributed by atoms with van der Waals surface area (Å²) < 4.78 is 12.8. The summed E-state index contributed by atoms with van der Waals surface area (Å²) in [5.41, 5.74) is 2.21. The summed E-state index contributed by atoms with van der Waals surface area (Å²) in [6.07, 6.45) is -0.104. The number of nitrogens with one attached hydrogen (secondary N) is 1. The van der Waals surface area contributed by atoms with Crippen LogP contribution in [0.1, 0.15) is 23.7 Å². The molecule has 3 nitrogen and oxygen atoms in total. The van der Waals surface area contributed by atoms with Gasteiger partial charge >= 0.3 is 0 Å². The zero-order chi connectivity index (χ0) is 14.4. The summed E-state index contributed by atoms with van der Waals surface area (Å²) in [5, 5.41) is 21.8. The summed E-state index contributed by atoms with van der Waals surface area (Å²) in [5.74, 6) is -0.309. The van der Waals surface area contributed by atoms with Crippen LogP contribution in [0.15, 0.2) is 48.5 Å². The van der Waals surface area contributed by atoms with E-state index >= 15 is 0 Å². The Bertz CT molecular complexity index is 587. The Morgan fingerprint density at radius 1 is 1.10 bits per heavy atom. The molecule has 0 aliphatic rings. The molecule has 102 valence electrons. The fourth-order valence-electron chi connectivity index (χ4n) is 1.87. The number of hydrogen-bond acceptors (Lipinski definition) is 3. The molecule has 0 saturated heterocycles. The molecule has 1 atom stereocenters. The number of rotatable bonds is 5. The molecular formula is C16H15FN2O. The molecule has 20 heavy (non-hydrogen) atoms. The summed E-state index contributed by atoms with van der Waals surface area (Å²) in [6, 6.07) is 15.0. The van der Waals surface area contributed by atoms with Crippen molar-refractivity contribution in [2.24, 2.45) is 0 Å². The van der Waals surface area contributed by atoms with Gasteiger partial charge in [0, 0.05) is 12.2 Å². The first kappa shape index (κ1) is 14.0. The number of aliphatic hydroxyl groups excluding tert-OH is 1. The number of aliphatic hydroxyl groups is 1. The van der Waals surface area contributed by atoms with E-state index in [-0.39, 0.29) is 5.82 Å². The van der Waals surface area contributed by atoms with Gasteiger partial charge in [-0.1, -0.05) is 12.1 Å². The fourth-order valence-corrected chi connectivity index (χ4v) is 1.87. The summed E-state index contributed by atoms with van der Waals surface area (Å²) in [7, 11) is 0.